The summed E-state index contributed by atoms with van der Waals surface area (Å²) in [7, 11) is 0. The average molecular weight is 240 g/mol. The summed E-state index contributed by atoms with van der Waals surface area (Å²) in [6, 6.07) is 4.97. The summed E-state index contributed by atoms with van der Waals surface area (Å²) >= 11 is 0. The van der Waals surface area contributed by atoms with Gasteiger partial charge >= 0.3 is 0 Å². The molecule has 0 aromatic heterocycles. The first kappa shape index (κ1) is 12.0. The lowest BCUT2D eigenvalue weighted by molar-refractivity contribution is 0.607. The van der Waals surface area contributed by atoms with Gasteiger partial charge in [0.2, 0.25) is 0 Å². The standard InChI is InChI=1S/C18H24/c1-2-3-4-5-7-14-10-11-17-12-15-8-6-9-16(15)13-18(14)17/h10-14H,2-9H2,1H3. The number of aryl methyl sites for hydroxylation is 2. The average Bonchev–Trinajstić information content (AvgIpc) is 2.98. The summed E-state index contributed by atoms with van der Waals surface area (Å²) in [5.74, 6) is 0.711. The van der Waals surface area contributed by atoms with Crippen molar-refractivity contribution in [3.63, 3.8) is 0 Å². The van der Waals surface area contributed by atoms with Crippen molar-refractivity contribution < 1.29 is 0 Å². The molecule has 0 saturated carbocycles. The predicted molar refractivity (Wildman–Crippen MR) is 79.0 cm³/mol. The van der Waals surface area contributed by atoms with E-state index in [2.05, 4.69) is 31.2 Å². The Morgan fingerprint density at radius 1 is 1.06 bits per heavy atom. The van der Waals surface area contributed by atoms with Gasteiger partial charge < -0.3 is 0 Å². The zero-order valence-corrected chi connectivity index (χ0v) is 11.5. The van der Waals surface area contributed by atoms with Gasteiger partial charge in [-0.15, -0.1) is 0 Å². The second kappa shape index (κ2) is 5.30. The van der Waals surface area contributed by atoms with Crippen LogP contribution in [0.25, 0.3) is 6.08 Å². The van der Waals surface area contributed by atoms with Crippen LogP contribution in [0.2, 0.25) is 0 Å². The smallest absolute Gasteiger partial charge is 0.00273 e. The van der Waals surface area contributed by atoms with Gasteiger partial charge in [-0.2, -0.15) is 0 Å². The van der Waals surface area contributed by atoms with E-state index < -0.39 is 0 Å². The van der Waals surface area contributed by atoms with Crippen molar-refractivity contribution in [2.24, 2.45) is 0 Å². The molecule has 0 nitrogen and oxygen atoms in total. The number of unbranched alkanes of at least 4 members (excludes halogenated alkanes) is 3. The monoisotopic (exact) mass is 240 g/mol. The van der Waals surface area contributed by atoms with Gasteiger partial charge in [0, 0.05) is 5.92 Å². The first-order valence-electron chi connectivity index (χ1n) is 7.72. The molecule has 0 fully saturated rings. The molecule has 96 valence electrons. The Morgan fingerprint density at radius 3 is 2.72 bits per heavy atom. The van der Waals surface area contributed by atoms with Gasteiger partial charge in [-0.3, -0.25) is 0 Å². The van der Waals surface area contributed by atoms with E-state index in [0.29, 0.717) is 5.92 Å². The third-order valence-electron chi connectivity index (χ3n) is 4.57. The Morgan fingerprint density at radius 2 is 1.89 bits per heavy atom. The molecule has 0 saturated heterocycles. The molecule has 1 aromatic rings. The minimum Gasteiger partial charge on any atom is -0.0764 e. The summed E-state index contributed by atoms with van der Waals surface area (Å²) in [6.45, 7) is 2.29. The predicted octanol–water partition coefficient (Wildman–Crippen LogP) is 5.26. The van der Waals surface area contributed by atoms with Gasteiger partial charge in [0.25, 0.3) is 0 Å². The highest BCUT2D eigenvalue weighted by Crippen LogP contribution is 2.37. The Balaban J connectivity index is 1.69. The Kier molecular flexibility index (Phi) is 3.54. The lowest BCUT2D eigenvalue weighted by Gasteiger charge is -2.12. The van der Waals surface area contributed by atoms with Crippen LogP contribution in [0.1, 0.15) is 73.6 Å². The van der Waals surface area contributed by atoms with Crippen LogP contribution in [0.15, 0.2) is 18.2 Å². The van der Waals surface area contributed by atoms with Crippen molar-refractivity contribution in [3.05, 3.63) is 40.5 Å². The van der Waals surface area contributed by atoms with Gasteiger partial charge in [0.1, 0.15) is 0 Å². The third kappa shape index (κ3) is 2.25. The van der Waals surface area contributed by atoms with Gasteiger partial charge in [-0.25, -0.2) is 0 Å². The number of benzene rings is 1. The van der Waals surface area contributed by atoms with Crippen LogP contribution in [0.5, 0.6) is 0 Å². The van der Waals surface area contributed by atoms with Gasteiger partial charge in [-0.05, 0) is 47.9 Å². The lowest BCUT2D eigenvalue weighted by Crippen LogP contribution is -1.96. The molecular formula is C18H24. The highest BCUT2D eigenvalue weighted by atomic mass is 14.3. The van der Waals surface area contributed by atoms with E-state index in [9.17, 15) is 0 Å². The zero-order valence-electron chi connectivity index (χ0n) is 11.5. The van der Waals surface area contributed by atoms with E-state index in [-0.39, 0.29) is 0 Å². The quantitative estimate of drug-likeness (QED) is 0.616. The fourth-order valence-corrected chi connectivity index (χ4v) is 3.49. The molecule has 0 aliphatic heterocycles. The van der Waals surface area contributed by atoms with E-state index in [0.717, 1.165) is 0 Å². The molecular weight excluding hydrogens is 216 g/mol. The molecule has 0 bridgehead atoms. The summed E-state index contributed by atoms with van der Waals surface area (Å²) in [6.07, 6.45) is 15.6. The number of hydrogen-bond acceptors (Lipinski definition) is 0. The van der Waals surface area contributed by atoms with Crippen molar-refractivity contribution in [2.45, 2.75) is 64.2 Å². The fourth-order valence-electron chi connectivity index (χ4n) is 3.49. The van der Waals surface area contributed by atoms with Crippen LogP contribution < -0.4 is 0 Å². The van der Waals surface area contributed by atoms with Gasteiger partial charge in [0.05, 0.1) is 0 Å². The molecule has 0 amide bonds. The maximum absolute atomic E-state index is 2.52. The van der Waals surface area contributed by atoms with Crippen molar-refractivity contribution in [1.82, 2.24) is 0 Å². The van der Waals surface area contributed by atoms with Crippen LogP contribution in [0.4, 0.5) is 0 Å². The van der Waals surface area contributed by atoms with E-state index >= 15 is 0 Å². The minimum absolute atomic E-state index is 0.711. The second-order valence-corrected chi connectivity index (χ2v) is 5.92. The molecule has 0 spiro atoms. The van der Waals surface area contributed by atoms with Crippen LogP contribution in [0, 0.1) is 0 Å². The van der Waals surface area contributed by atoms with Crippen LogP contribution in [-0.2, 0) is 12.8 Å². The molecule has 0 heterocycles. The van der Waals surface area contributed by atoms with Crippen LogP contribution >= 0.6 is 0 Å². The molecule has 18 heavy (non-hydrogen) atoms. The molecule has 1 atom stereocenters. The van der Waals surface area contributed by atoms with Crippen molar-refractivity contribution >= 4 is 6.08 Å². The first-order chi connectivity index (χ1) is 8.88. The molecule has 0 N–H and O–H groups in total. The Labute approximate surface area is 111 Å². The van der Waals surface area contributed by atoms with Crippen LogP contribution in [-0.4, -0.2) is 0 Å². The molecule has 3 rings (SSSR count). The summed E-state index contributed by atoms with van der Waals surface area (Å²) in [5, 5.41) is 0. The van der Waals surface area contributed by atoms with E-state index in [1.54, 1.807) is 16.7 Å². The summed E-state index contributed by atoms with van der Waals surface area (Å²) in [5.41, 5.74) is 6.38. The number of allylic oxidation sites excluding steroid dienone is 1. The van der Waals surface area contributed by atoms with Gasteiger partial charge in [-0.1, -0.05) is 56.9 Å². The Bertz CT molecular complexity index is 453. The molecule has 1 aromatic carbocycles. The van der Waals surface area contributed by atoms with Crippen molar-refractivity contribution in [1.29, 1.82) is 0 Å². The Hall–Kier alpha value is -1.04. The van der Waals surface area contributed by atoms with E-state index in [1.165, 1.54) is 56.9 Å². The summed E-state index contributed by atoms with van der Waals surface area (Å²) < 4.78 is 0. The second-order valence-electron chi connectivity index (χ2n) is 5.92. The zero-order chi connectivity index (χ0) is 12.4. The summed E-state index contributed by atoms with van der Waals surface area (Å²) in [4.78, 5) is 0. The maximum atomic E-state index is 2.52. The van der Waals surface area contributed by atoms with Crippen molar-refractivity contribution in [2.75, 3.05) is 0 Å². The third-order valence-corrected chi connectivity index (χ3v) is 4.57. The number of hydrogen-bond donors (Lipinski definition) is 0. The molecule has 0 radical (unpaired) electrons. The molecule has 2 aliphatic rings. The van der Waals surface area contributed by atoms with E-state index in [1.807, 2.05) is 0 Å². The SMILES string of the molecule is CCCCCCC1C=Cc2cc3c(cc21)CCC3. The topological polar surface area (TPSA) is 0 Å². The molecule has 2 aliphatic carbocycles. The first-order valence-corrected chi connectivity index (χ1v) is 7.72. The lowest BCUT2D eigenvalue weighted by atomic mass is 9.92. The highest BCUT2D eigenvalue weighted by Gasteiger charge is 2.21. The largest absolute Gasteiger partial charge is 0.0764 e. The fraction of sp³-hybridized carbons (Fsp3) is 0.556. The van der Waals surface area contributed by atoms with Gasteiger partial charge in [0.15, 0.2) is 0 Å². The minimum atomic E-state index is 0.711. The van der Waals surface area contributed by atoms with Crippen molar-refractivity contribution in [3.8, 4) is 0 Å². The highest BCUT2D eigenvalue weighted by molar-refractivity contribution is 5.64. The van der Waals surface area contributed by atoms with Crippen LogP contribution in [0.3, 0.4) is 0 Å². The maximum Gasteiger partial charge on any atom is 0.00273 e. The molecule has 1 unspecified atom stereocenters. The normalized spacial score (nSPS) is 20.2. The number of fused-ring (bicyclic) bond motifs is 2. The van der Waals surface area contributed by atoms with E-state index in [4.69, 9.17) is 0 Å². The number of rotatable bonds is 5. The molecule has 0 heteroatoms.